The highest BCUT2D eigenvalue weighted by molar-refractivity contribution is 6.09. The van der Waals surface area contributed by atoms with Gasteiger partial charge in [0.25, 0.3) is 0 Å². The molecule has 0 aliphatic rings. The minimum Gasteiger partial charge on any atom is -0.294 e. The van der Waals surface area contributed by atoms with E-state index >= 15 is 0 Å². The Morgan fingerprint density at radius 3 is 1.95 bits per heavy atom. The predicted octanol–water partition coefficient (Wildman–Crippen LogP) is 6.81. The summed E-state index contributed by atoms with van der Waals surface area (Å²) in [7, 11) is 0. The number of nitrogens with zero attached hydrogens (tertiary/aromatic N) is 4. The van der Waals surface area contributed by atoms with Gasteiger partial charge in [0, 0.05) is 45.1 Å². The molecule has 7 rings (SSSR count). The van der Waals surface area contributed by atoms with Crippen molar-refractivity contribution in [1.82, 2.24) is 19.1 Å². The number of fused-ring (bicyclic) bond motifs is 4. The van der Waals surface area contributed by atoms with Crippen molar-refractivity contribution in [3.63, 3.8) is 0 Å². The van der Waals surface area contributed by atoms with E-state index in [-0.39, 0.29) is 0 Å². The first-order valence-corrected chi connectivity index (χ1v) is 13.1. The van der Waals surface area contributed by atoms with E-state index in [1.807, 2.05) is 36.7 Å². The zero-order valence-electron chi connectivity index (χ0n) is 21.6. The fourth-order valence-electron chi connectivity index (χ4n) is 5.57. The Kier molecular flexibility index (Phi) is 5.45. The summed E-state index contributed by atoms with van der Waals surface area (Å²) >= 11 is 0. The van der Waals surface area contributed by atoms with Crippen LogP contribution in [0.1, 0.15) is 12.5 Å². The molecule has 4 heteroatoms. The fourth-order valence-corrected chi connectivity index (χ4v) is 5.57. The fraction of sp³-hybridized carbons (Fsp3) is 0.0286. The SMILES string of the molecule is C=C(/C=c1\c(=C/C)n(-c2ccccc2)c2ncccc12)c1ccc2c(c1)c1cccnc1n2-c1ccccc1. The third kappa shape index (κ3) is 3.69. The molecule has 186 valence electrons. The van der Waals surface area contributed by atoms with Crippen molar-refractivity contribution >= 4 is 50.7 Å². The minimum absolute atomic E-state index is 0.934. The molecule has 39 heavy (non-hydrogen) atoms. The van der Waals surface area contributed by atoms with Crippen molar-refractivity contribution in [1.29, 1.82) is 0 Å². The molecule has 4 heterocycles. The van der Waals surface area contributed by atoms with Crippen LogP contribution < -0.4 is 10.6 Å². The normalized spacial score (nSPS) is 12.6. The van der Waals surface area contributed by atoms with Gasteiger partial charge in [0.2, 0.25) is 0 Å². The van der Waals surface area contributed by atoms with Crippen molar-refractivity contribution in [3.8, 4) is 11.4 Å². The van der Waals surface area contributed by atoms with Crippen molar-refractivity contribution in [2.75, 3.05) is 0 Å². The molecule has 0 N–H and O–H groups in total. The van der Waals surface area contributed by atoms with Gasteiger partial charge in [-0.3, -0.25) is 9.13 Å². The van der Waals surface area contributed by atoms with Gasteiger partial charge in [0.15, 0.2) is 0 Å². The summed E-state index contributed by atoms with van der Waals surface area (Å²) in [6.45, 7) is 6.59. The van der Waals surface area contributed by atoms with Crippen LogP contribution in [-0.4, -0.2) is 19.1 Å². The zero-order valence-corrected chi connectivity index (χ0v) is 21.6. The molecular formula is C35H26N4. The van der Waals surface area contributed by atoms with Crippen LogP contribution in [0.25, 0.3) is 62.1 Å². The summed E-state index contributed by atoms with van der Waals surface area (Å²) in [4.78, 5) is 9.50. The van der Waals surface area contributed by atoms with E-state index in [9.17, 15) is 0 Å². The first-order valence-electron chi connectivity index (χ1n) is 13.1. The van der Waals surface area contributed by atoms with Crippen LogP contribution in [0, 0.1) is 0 Å². The molecule has 0 unspecified atom stereocenters. The third-order valence-electron chi connectivity index (χ3n) is 7.32. The number of allylic oxidation sites excluding steroid dienone is 1. The van der Waals surface area contributed by atoms with E-state index in [2.05, 4.69) is 114 Å². The van der Waals surface area contributed by atoms with Gasteiger partial charge >= 0.3 is 0 Å². The number of pyridine rings is 2. The summed E-state index contributed by atoms with van der Waals surface area (Å²) in [5.41, 5.74) is 7.21. The van der Waals surface area contributed by atoms with Gasteiger partial charge in [-0.25, -0.2) is 9.97 Å². The highest BCUT2D eigenvalue weighted by atomic mass is 15.0. The monoisotopic (exact) mass is 502 g/mol. The highest BCUT2D eigenvalue weighted by Crippen LogP contribution is 2.32. The second-order valence-corrected chi connectivity index (χ2v) is 9.58. The van der Waals surface area contributed by atoms with Crippen LogP contribution in [-0.2, 0) is 0 Å². The van der Waals surface area contributed by atoms with Crippen LogP contribution in [0.15, 0.2) is 122 Å². The average Bonchev–Trinajstić information content (AvgIpc) is 3.50. The zero-order chi connectivity index (χ0) is 26.3. The molecule has 0 aliphatic carbocycles. The summed E-state index contributed by atoms with van der Waals surface area (Å²) in [6.07, 6.45) is 8.04. The quantitative estimate of drug-likeness (QED) is 0.265. The molecule has 0 saturated heterocycles. The van der Waals surface area contributed by atoms with E-state index in [1.165, 1.54) is 0 Å². The molecule has 0 bridgehead atoms. The van der Waals surface area contributed by atoms with Gasteiger partial charge in [-0.2, -0.15) is 0 Å². The lowest BCUT2D eigenvalue weighted by Gasteiger charge is -2.07. The van der Waals surface area contributed by atoms with Crippen LogP contribution >= 0.6 is 0 Å². The van der Waals surface area contributed by atoms with E-state index < -0.39 is 0 Å². The molecule has 0 fully saturated rings. The maximum absolute atomic E-state index is 4.76. The van der Waals surface area contributed by atoms with E-state index in [4.69, 9.17) is 9.97 Å². The Morgan fingerprint density at radius 1 is 0.667 bits per heavy atom. The number of rotatable bonds is 4. The van der Waals surface area contributed by atoms with Crippen molar-refractivity contribution < 1.29 is 0 Å². The first-order chi connectivity index (χ1) is 19.2. The van der Waals surface area contributed by atoms with Crippen molar-refractivity contribution in [3.05, 3.63) is 138 Å². The van der Waals surface area contributed by atoms with Gasteiger partial charge in [-0.05, 0) is 84.8 Å². The van der Waals surface area contributed by atoms with Gasteiger partial charge in [0.1, 0.15) is 11.3 Å². The number of hydrogen-bond acceptors (Lipinski definition) is 2. The van der Waals surface area contributed by atoms with E-state index in [0.29, 0.717) is 0 Å². The summed E-state index contributed by atoms with van der Waals surface area (Å²) in [6, 6.07) is 35.6. The second kappa shape index (κ2) is 9.26. The van der Waals surface area contributed by atoms with Crippen molar-refractivity contribution in [2.24, 2.45) is 0 Å². The largest absolute Gasteiger partial charge is 0.294 e. The lowest BCUT2D eigenvalue weighted by molar-refractivity contribution is 1.04. The van der Waals surface area contributed by atoms with Crippen LogP contribution in [0.2, 0.25) is 0 Å². The Labute approximate surface area is 226 Å². The highest BCUT2D eigenvalue weighted by Gasteiger charge is 2.15. The molecule has 3 aromatic carbocycles. The topological polar surface area (TPSA) is 35.6 Å². The summed E-state index contributed by atoms with van der Waals surface area (Å²) in [5.74, 6) is 0. The number of para-hydroxylation sites is 2. The predicted molar refractivity (Wildman–Crippen MR) is 163 cm³/mol. The minimum atomic E-state index is 0.934. The molecule has 0 radical (unpaired) electrons. The maximum Gasteiger partial charge on any atom is 0.145 e. The summed E-state index contributed by atoms with van der Waals surface area (Å²) < 4.78 is 4.45. The molecule has 7 aromatic rings. The average molecular weight is 503 g/mol. The van der Waals surface area contributed by atoms with Gasteiger partial charge in [-0.1, -0.05) is 55.1 Å². The Morgan fingerprint density at radius 2 is 1.28 bits per heavy atom. The van der Waals surface area contributed by atoms with Crippen LogP contribution in [0.4, 0.5) is 0 Å². The Hall–Kier alpha value is -5.22. The molecule has 0 spiro atoms. The smallest absolute Gasteiger partial charge is 0.145 e. The van der Waals surface area contributed by atoms with Crippen LogP contribution in [0.3, 0.4) is 0 Å². The van der Waals surface area contributed by atoms with Gasteiger partial charge < -0.3 is 0 Å². The molecule has 0 aliphatic heterocycles. The Bertz CT molecular complexity index is 2130. The molecule has 4 nitrogen and oxygen atoms in total. The van der Waals surface area contributed by atoms with Crippen molar-refractivity contribution in [2.45, 2.75) is 6.92 Å². The standard InChI is InChI=1S/C35H26N4/c1-3-32-30(28-16-10-20-36-34(28)38(32)26-12-6-4-7-13-26)22-24(2)25-18-19-33-31(23-25)29-17-11-21-37-35(29)39(33)27-14-8-5-9-15-27/h3-23H,2H2,1H3/b30-22-,32-3+. The lowest BCUT2D eigenvalue weighted by Crippen LogP contribution is -2.28. The number of benzene rings is 3. The molecule has 0 amide bonds. The molecule has 4 aromatic heterocycles. The Balaban J connectivity index is 1.44. The molecule has 0 saturated carbocycles. The van der Waals surface area contributed by atoms with Gasteiger partial charge in [-0.15, -0.1) is 0 Å². The maximum atomic E-state index is 4.76. The molecular weight excluding hydrogens is 476 g/mol. The van der Waals surface area contributed by atoms with Gasteiger partial charge in [0.05, 0.1) is 10.9 Å². The second-order valence-electron chi connectivity index (χ2n) is 9.58. The first kappa shape index (κ1) is 22.9. The van der Waals surface area contributed by atoms with E-state index in [0.717, 1.165) is 66.0 Å². The third-order valence-corrected chi connectivity index (χ3v) is 7.32. The van der Waals surface area contributed by atoms with E-state index in [1.54, 1.807) is 0 Å². The molecule has 0 atom stereocenters. The summed E-state index contributed by atoms with van der Waals surface area (Å²) in [5, 5.41) is 5.59. The number of aromatic nitrogens is 4. The number of hydrogen-bond donors (Lipinski definition) is 0. The lowest BCUT2D eigenvalue weighted by atomic mass is 10.0. The van der Waals surface area contributed by atoms with Crippen LogP contribution in [0.5, 0.6) is 0 Å².